The first kappa shape index (κ1) is 16.7. The summed E-state index contributed by atoms with van der Waals surface area (Å²) in [6.07, 6.45) is 3.72. The maximum Gasteiger partial charge on any atom is 0.305 e. The van der Waals surface area contributed by atoms with Gasteiger partial charge < -0.3 is 20.5 Å². The van der Waals surface area contributed by atoms with E-state index >= 15 is 0 Å². The van der Waals surface area contributed by atoms with Gasteiger partial charge in [-0.1, -0.05) is 0 Å². The van der Waals surface area contributed by atoms with Gasteiger partial charge in [0.15, 0.2) is 0 Å². The summed E-state index contributed by atoms with van der Waals surface area (Å²) in [4.78, 5) is 34.5. The molecule has 0 radical (unpaired) electrons. The molecule has 0 bridgehead atoms. The molecule has 124 valence electrons. The zero-order chi connectivity index (χ0) is 16.0. The van der Waals surface area contributed by atoms with Gasteiger partial charge in [-0.15, -0.1) is 0 Å². The van der Waals surface area contributed by atoms with Crippen LogP contribution < -0.4 is 10.6 Å². The monoisotopic (exact) mass is 312 g/mol. The molecule has 1 heterocycles. The van der Waals surface area contributed by atoms with Gasteiger partial charge in [-0.25, -0.2) is 0 Å². The molecule has 1 aliphatic carbocycles. The number of hydrogen-bond acceptors (Lipinski definition) is 4. The Morgan fingerprint density at radius 2 is 1.86 bits per heavy atom. The molecule has 3 N–H and O–H groups in total. The van der Waals surface area contributed by atoms with E-state index in [4.69, 9.17) is 9.84 Å². The van der Waals surface area contributed by atoms with E-state index in [1.807, 2.05) is 0 Å². The second kappa shape index (κ2) is 7.58. The molecule has 1 saturated heterocycles. The largest absolute Gasteiger partial charge is 0.481 e. The van der Waals surface area contributed by atoms with E-state index in [-0.39, 0.29) is 30.6 Å². The van der Waals surface area contributed by atoms with E-state index in [9.17, 15) is 14.4 Å². The van der Waals surface area contributed by atoms with Crippen molar-refractivity contribution >= 4 is 17.8 Å². The highest BCUT2D eigenvalue weighted by atomic mass is 16.5. The van der Waals surface area contributed by atoms with E-state index in [2.05, 4.69) is 10.6 Å². The SMILES string of the molecule is O=C(O)CC1(NC(=O)CCCNC(=O)C2CC2)CCOCC1. The molecule has 2 fully saturated rings. The van der Waals surface area contributed by atoms with Crippen molar-refractivity contribution in [1.29, 1.82) is 0 Å². The van der Waals surface area contributed by atoms with Gasteiger partial charge in [-0.3, -0.25) is 14.4 Å². The van der Waals surface area contributed by atoms with Gasteiger partial charge in [0.1, 0.15) is 0 Å². The number of carbonyl (C=O) groups is 3. The zero-order valence-electron chi connectivity index (χ0n) is 12.7. The fourth-order valence-corrected chi connectivity index (χ4v) is 2.71. The molecule has 0 aromatic carbocycles. The van der Waals surface area contributed by atoms with Crippen LogP contribution in [0.4, 0.5) is 0 Å². The van der Waals surface area contributed by atoms with Crippen molar-refractivity contribution < 1.29 is 24.2 Å². The average Bonchev–Trinajstić information content (AvgIpc) is 3.27. The molecule has 2 amide bonds. The quantitative estimate of drug-likeness (QED) is 0.564. The van der Waals surface area contributed by atoms with Crippen molar-refractivity contribution in [2.45, 2.75) is 50.5 Å². The van der Waals surface area contributed by atoms with Crippen LogP contribution in [-0.2, 0) is 19.1 Å². The summed E-state index contributed by atoms with van der Waals surface area (Å²) in [5, 5.41) is 14.7. The van der Waals surface area contributed by atoms with Crippen LogP contribution in [-0.4, -0.2) is 48.2 Å². The molecule has 0 atom stereocenters. The summed E-state index contributed by atoms with van der Waals surface area (Å²) in [6, 6.07) is 0. The van der Waals surface area contributed by atoms with Gasteiger partial charge in [-0.2, -0.15) is 0 Å². The van der Waals surface area contributed by atoms with E-state index in [0.29, 0.717) is 39.0 Å². The van der Waals surface area contributed by atoms with Gasteiger partial charge in [0.05, 0.1) is 12.0 Å². The lowest BCUT2D eigenvalue weighted by molar-refractivity contribution is -0.140. The highest BCUT2D eigenvalue weighted by Gasteiger charge is 2.36. The first-order valence-electron chi connectivity index (χ1n) is 7.89. The topological polar surface area (TPSA) is 105 Å². The van der Waals surface area contributed by atoms with Crippen molar-refractivity contribution in [3.05, 3.63) is 0 Å². The van der Waals surface area contributed by atoms with Crippen LogP contribution in [0.1, 0.15) is 44.9 Å². The van der Waals surface area contributed by atoms with Crippen molar-refractivity contribution in [3.8, 4) is 0 Å². The van der Waals surface area contributed by atoms with Gasteiger partial charge in [0.2, 0.25) is 11.8 Å². The van der Waals surface area contributed by atoms with Crippen LogP contribution in [0.3, 0.4) is 0 Å². The Morgan fingerprint density at radius 3 is 2.45 bits per heavy atom. The maximum absolute atomic E-state index is 12.0. The van der Waals surface area contributed by atoms with E-state index < -0.39 is 11.5 Å². The minimum Gasteiger partial charge on any atom is -0.481 e. The summed E-state index contributed by atoms with van der Waals surface area (Å²) < 4.78 is 5.25. The number of nitrogens with one attached hydrogen (secondary N) is 2. The third kappa shape index (κ3) is 5.29. The molecule has 7 heteroatoms. The molecule has 1 saturated carbocycles. The van der Waals surface area contributed by atoms with Gasteiger partial charge in [-0.05, 0) is 32.1 Å². The van der Waals surface area contributed by atoms with Crippen molar-refractivity contribution in [2.24, 2.45) is 5.92 Å². The average molecular weight is 312 g/mol. The van der Waals surface area contributed by atoms with E-state index in [1.165, 1.54) is 0 Å². The molecule has 0 aromatic rings. The molecular formula is C15H24N2O5. The number of carbonyl (C=O) groups excluding carboxylic acids is 2. The van der Waals surface area contributed by atoms with Crippen LogP contribution in [0, 0.1) is 5.92 Å². The summed E-state index contributed by atoms with van der Waals surface area (Å²) in [6.45, 7) is 1.41. The van der Waals surface area contributed by atoms with E-state index in [1.54, 1.807) is 0 Å². The number of carboxylic acid groups (broad SMARTS) is 1. The fraction of sp³-hybridized carbons (Fsp3) is 0.800. The first-order chi connectivity index (χ1) is 10.5. The predicted octanol–water partition coefficient (Wildman–Crippen LogP) is 0.433. The van der Waals surface area contributed by atoms with Crippen molar-refractivity contribution in [2.75, 3.05) is 19.8 Å². The van der Waals surface area contributed by atoms with Gasteiger partial charge >= 0.3 is 5.97 Å². The smallest absolute Gasteiger partial charge is 0.305 e. The number of carboxylic acids is 1. The molecule has 7 nitrogen and oxygen atoms in total. The lowest BCUT2D eigenvalue weighted by atomic mass is 9.86. The predicted molar refractivity (Wildman–Crippen MR) is 78.1 cm³/mol. The van der Waals surface area contributed by atoms with E-state index in [0.717, 1.165) is 12.8 Å². The molecule has 22 heavy (non-hydrogen) atoms. The Kier molecular flexibility index (Phi) is 5.76. The van der Waals surface area contributed by atoms with Crippen molar-refractivity contribution in [1.82, 2.24) is 10.6 Å². The number of aliphatic carboxylic acids is 1. The molecule has 0 aromatic heterocycles. The molecule has 2 aliphatic rings. The number of amides is 2. The second-order valence-electron chi connectivity index (χ2n) is 6.18. The molecular weight excluding hydrogens is 288 g/mol. The second-order valence-corrected chi connectivity index (χ2v) is 6.18. The van der Waals surface area contributed by atoms with Gasteiger partial charge in [0, 0.05) is 32.1 Å². The lowest BCUT2D eigenvalue weighted by Crippen LogP contribution is -2.53. The number of hydrogen-bond donors (Lipinski definition) is 3. The summed E-state index contributed by atoms with van der Waals surface area (Å²) in [7, 11) is 0. The molecule has 0 unspecified atom stereocenters. The Hall–Kier alpha value is -1.63. The minimum absolute atomic E-state index is 0.0761. The van der Waals surface area contributed by atoms with Crippen molar-refractivity contribution in [3.63, 3.8) is 0 Å². The minimum atomic E-state index is -0.918. The van der Waals surface area contributed by atoms with Crippen LogP contribution in [0.5, 0.6) is 0 Å². The highest BCUT2D eigenvalue weighted by Crippen LogP contribution is 2.28. The zero-order valence-corrected chi connectivity index (χ0v) is 12.7. The highest BCUT2D eigenvalue weighted by molar-refractivity contribution is 5.81. The number of ether oxygens (including phenoxy) is 1. The first-order valence-corrected chi connectivity index (χ1v) is 7.89. The summed E-state index contributed by atoms with van der Waals surface area (Å²) in [5.41, 5.74) is -0.696. The third-order valence-electron chi connectivity index (χ3n) is 4.17. The standard InChI is InChI=1S/C15H24N2O5/c18-12(2-1-7-16-14(21)11-3-4-11)17-15(10-13(19)20)5-8-22-9-6-15/h11H,1-10H2,(H,16,21)(H,17,18)(H,19,20). The molecule has 2 rings (SSSR count). The Labute approximate surface area is 129 Å². The van der Waals surface area contributed by atoms with Crippen LogP contribution in [0.15, 0.2) is 0 Å². The summed E-state index contributed by atoms with van der Waals surface area (Å²) >= 11 is 0. The lowest BCUT2D eigenvalue weighted by Gasteiger charge is -2.36. The van der Waals surface area contributed by atoms with Crippen LogP contribution in [0.25, 0.3) is 0 Å². The third-order valence-corrected chi connectivity index (χ3v) is 4.17. The number of rotatable bonds is 8. The Balaban J connectivity index is 1.70. The fourth-order valence-electron chi connectivity index (χ4n) is 2.71. The summed E-state index contributed by atoms with van der Waals surface area (Å²) in [5.74, 6) is -0.829. The molecule has 0 spiro atoms. The van der Waals surface area contributed by atoms with Crippen LogP contribution in [0.2, 0.25) is 0 Å². The Morgan fingerprint density at radius 1 is 1.18 bits per heavy atom. The van der Waals surface area contributed by atoms with Gasteiger partial charge in [0.25, 0.3) is 0 Å². The molecule has 1 aliphatic heterocycles. The Bertz CT molecular complexity index is 428. The maximum atomic E-state index is 12.0. The van der Waals surface area contributed by atoms with Crippen LogP contribution >= 0.6 is 0 Å². The normalized spacial score (nSPS) is 20.2.